The van der Waals surface area contributed by atoms with E-state index in [-0.39, 0.29) is 11.3 Å². The molecule has 106 valence electrons. The Kier molecular flexibility index (Phi) is 3.39. The quantitative estimate of drug-likeness (QED) is 0.740. The summed E-state index contributed by atoms with van der Waals surface area (Å²) < 4.78 is 7.16. The van der Waals surface area contributed by atoms with Crippen molar-refractivity contribution in [1.29, 1.82) is 0 Å². The van der Waals surface area contributed by atoms with Gasteiger partial charge >= 0.3 is 0 Å². The van der Waals surface area contributed by atoms with Crippen LogP contribution in [0.15, 0.2) is 47.4 Å². The van der Waals surface area contributed by atoms with Gasteiger partial charge in [-0.2, -0.15) is 0 Å². The average Bonchev–Trinajstić information content (AvgIpc) is 2.53. The molecule has 0 spiro atoms. The molecule has 0 saturated heterocycles. The summed E-state index contributed by atoms with van der Waals surface area (Å²) in [5, 5.41) is 0.778. The van der Waals surface area contributed by atoms with Gasteiger partial charge in [-0.15, -0.1) is 0 Å². The fourth-order valence-electron chi connectivity index (χ4n) is 2.11. The van der Waals surface area contributed by atoms with Gasteiger partial charge in [-0.25, -0.2) is 9.97 Å². The van der Waals surface area contributed by atoms with E-state index in [9.17, 15) is 4.79 Å². The first-order valence-corrected chi connectivity index (χ1v) is 6.77. The number of fused-ring (bicyclic) bond motifs is 1. The molecule has 0 aliphatic rings. The summed E-state index contributed by atoms with van der Waals surface area (Å²) >= 11 is 0. The smallest absolute Gasteiger partial charge is 0.294 e. The van der Waals surface area contributed by atoms with Gasteiger partial charge in [-0.1, -0.05) is 25.1 Å². The minimum Gasteiger partial charge on any atom is -0.452 e. The van der Waals surface area contributed by atoms with Crippen molar-refractivity contribution in [1.82, 2.24) is 14.5 Å². The van der Waals surface area contributed by atoms with Crippen molar-refractivity contribution in [2.75, 3.05) is 0 Å². The predicted octanol–water partition coefficient (Wildman–Crippen LogP) is 2.68. The third kappa shape index (κ3) is 2.50. The van der Waals surface area contributed by atoms with Crippen LogP contribution in [0.3, 0.4) is 0 Å². The Morgan fingerprint density at radius 1 is 1.24 bits per heavy atom. The molecule has 0 radical (unpaired) electrons. The number of pyridine rings is 1. The Hall–Kier alpha value is -2.69. The van der Waals surface area contributed by atoms with Crippen molar-refractivity contribution >= 4 is 11.0 Å². The van der Waals surface area contributed by atoms with Crippen LogP contribution in [0.25, 0.3) is 11.0 Å². The molecule has 0 fully saturated rings. The maximum Gasteiger partial charge on any atom is 0.294 e. The third-order valence-electron chi connectivity index (χ3n) is 3.25. The van der Waals surface area contributed by atoms with E-state index in [1.165, 1.54) is 4.57 Å². The van der Waals surface area contributed by atoms with Gasteiger partial charge in [0.2, 0.25) is 0 Å². The van der Waals surface area contributed by atoms with Crippen LogP contribution in [0.4, 0.5) is 0 Å². The number of hydrogen-bond donors (Lipinski definition) is 0. The van der Waals surface area contributed by atoms with Crippen LogP contribution >= 0.6 is 0 Å². The van der Waals surface area contributed by atoms with Crippen LogP contribution in [0, 0.1) is 0 Å². The first kappa shape index (κ1) is 13.3. The molecule has 0 saturated carbocycles. The molecule has 1 aromatic carbocycles. The number of nitrogens with zero attached hydrogens (tertiary/aromatic N) is 3. The van der Waals surface area contributed by atoms with Crippen LogP contribution in [-0.4, -0.2) is 14.5 Å². The first-order chi connectivity index (χ1) is 10.2. The molecule has 2 aromatic heterocycles. The van der Waals surface area contributed by atoms with Crippen molar-refractivity contribution in [3.05, 3.63) is 58.8 Å². The van der Waals surface area contributed by atoms with Gasteiger partial charge in [0, 0.05) is 25.1 Å². The van der Waals surface area contributed by atoms with E-state index in [4.69, 9.17) is 4.74 Å². The van der Waals surface area contributed by atoms with Crippen LogP contribution in [0.1, 0.15) is 12.7 Å². The third-order valence-corrected chi connectivity index (χ3v) is 3.25. The maximum atomic E-state index is 12.4. The minimum atomic E-state index is -0.216. The van der Waals surface area contributed by atoms with Gasteiger partial charge in [0.15, 0.2) is 5.75 Å². The van der Waals surface area contributed by atoms with E-state index in [0.29, 0.717) is 17.2 Å². The highest BCUT2D eigenvalue weighted by atomic mass is 16.5. The van der Waals surface area contributed by atoms with Gasteiger partial charge in [0.25, 0.3) is 5.56 Å². The molecule has 0 aliphatic heterocycles. The molecular weight excluding hydrogens is 266 g/mol. The van der Waals surface area contributed by atoms with Crippen LogP contribution in [0.2, 0.25) is 0 Å². The lowest BCUT2D eigenvalue weighted by molar-refractivity contribution is 0.471. The van der Waals surface area contributed by atoms with Crippen LogP contribution < -0.4 is 10.3 Å². The number of benzene rings is 1. The molecule has 0 amide bonds. The Bertz CT molecular complexity index is 841. The zero-order chi connectivity index (χ0) is 14.8. The Morgan fingerprint density at radius 3 is 2.71 bits per heavy atom. The highest BCUT2D eigenvalue weighted by Gasteiger charge is 2.10. The van der Waals surface area contributed by atoms with Crippen molar-refractivity contribution in [2.45, 2.75) is 13.3 Å². The summed E-state index contributed by atoms with van der Waals surface area (Å²) in [5.74, 6) is 1.61. The lowest BCUT2D eigenvalue weighted by Crippen LogP contribution is -2.19. The topological polar surface area (TPSA) is 57.0 Å². The van der Waals surface area contributed by atoms with Crippen molar-refractivity contribution in [3.8, 4) is 11.5 Å². The Labute approximate surface area is 121 Å². The monoisotopic (exact) mass is 281 g/mol. The summed E-state index contributed by atoms with van der Waals surface area (Å²) in [7, 11) is 1.69. The van der Waals surface area contributed by atoms with E-state index < -0.39 is 0 Å². The molecule has 0 N–H and O–H groups in total. The fraction of sp³-hybridized carbons (Fsp3) is 0.188. The molecule has 0 bridgehead atoms. The normalized spacial score (nSPS) is 10.8. The second kappa shape index (κ2) is 5.36. The predicted molar refractivity (Wildman–Crippen MR) is 80.7 cm³/mol. The number of para-hydroxylation sites is 1. The van der Waals surface area contributed by atoms with Gasteiger partial charge in [-0.3, -0.25) is 9.36 Å². The van der Waals surface area contributed by atoms with Gasteiger partial charge in [-0.05, 0) is 18.2 Å². The number of hydrogen-bond acceptors (Lipinski definition) is 4. The molecule has 21 heavy (non-hydrogen) atoms. The van der Waals surface area contributed by atoms with Crippen molar-refractivity contribution < 1.29 is 4.74 Å². The van der Waals surface area contributed by atoms with E-state index in [1.807, 2.05) is 25.1 Å². The molecule has 0 unspecified atom stereocenters. The maximum absolute atomic E-state index is 12.4. The summed E-state index contributed by atoms with van der Waals surface area (Å²) in [6.07, 6.45) is 2.45. The number of rotatable bonds is 3. The molecule has 2 heterocycles. The zero-order valence-corrected chi connectivity index (χ0v) is 11.9. The zero-order valence-electron chi connectivity index (χ0n) is 11.9. The second-order valence-electron chi connectivity index (χ2n) is 4.71. The van der Waals surface area contributed by atoms with Gasteiger partial charge in [0.05, 0.1) is 0 Å². The van der Waals surface area contributed by atoms with Crippen LogP contribution in [0.5, 0.6) is 11.5 Å². The largest absolute Gasteiger partial charge is 0.452 e. The summed E-state index contributed by atoms with van der Waals surface area (Å²) in [6, 6.07) is 10.9. The van der Waals surface area contributed by atoms with Crippen molar-refractivity contribution in [3.63, 3.8) is 0 Å². The van der Waals surface area contributed by atoms with Crippen molar-refractivity contribution in [2.24, 2.45) is 7.05 Å². The first-order valence-electron chi connectivity index (χ1n) is 6.77. The Morgan fingerprint density at radius 2 is 2.00 bits per heavy atom. The summed E-state index contributed by atoms with van der Waals surface area (Å²) in [5.41, 5.74) is 0.402. The SMILES string of the molecule is CCc1ncc2cc(Oc3ccccc3)c(=O)n(C)c2n1. The Balaban J connectivity index is 2.13. The highest BCUT2D eigenvalue weighted by molar-refractivity contribution is 5.75. The molecule has 5 heteroatoms. The van der Waals surface area contributed by atoms with E-state index in [2.05, 4.69) is 9.97 Å². The number of ether oxygens (including phenoxy) is 1. The minimum absolute atomic E-state index is 0.216. The number of aromatic nitrogens is 3. The second-order valence-corrected chi connectivity index (χ2v) is 4.71. The standard InChI is InChI=1S/C16H15N3O2/c1-3-14-17-10-11-9-13(16(20)19(2)15(11)18-14)21-12-7-5-4-6-8-12/h4-10H,3H2,1-2H3. The fourth-order valence-corrected chi connectivity index (χ4v) is 2.11. The van der Waals surface area contributed by atoms with E-state index in [0.717, 1.165) is 11.8 Å². The molecular formula is C16H15N3O2. The lowest BCUT2D eigenvalue weighted by atomic mass is 10.3. The average molecular weight is 281 g/mol. The summed E-state index contributed by atoms with van der Waals surface area (Å²) in [4.78, 5) is 21.0. The van der Waals surface area contributed by atoms with Gasteiger partial charge < -0.3 is 4.74 Å². The summed E-state index contributed by atoms with van der Waals surface area (Å²) in [6.45, 7) is 1.98. The van der Waals surface area contributed by atoms with Crippen LogP contribution in [-0.2, 0) is 13.5 Å². The molecule has 0 aliphatic carbocycles. The molecule has 0 atom stereocenters. The van der Waals surface area contributed by atoms with Gasteiger partial charge in [0.1, 0.15) is 17.2 Å². The molecule has 3 rings (SSSR count). The number of aryl methyl sites for hydroxylation is 2. The molecule has 5 nitrogen and oxygen atoms in total. The van der Waals surface area contributed by atoms with E-state index in [1.54, 1.807) is 31.4 Å². The molecule has 3 aromatic rings. The lowest BCUT2D eigenvalue weighted by Gasteiger charge is -2.09. The van der Waals surface area contributed by atoms with E-state index >= 15 is 0 Å². The highest BCUT2D eigenvalue weighted by Crippen LogP contribution is 2.20.